The van der Waals surface area contributed by atoms with Crippen LogP contribution in [0.2, 0.25) is 0 Å². The van der Waals surface area contributed by atoms with Gasteiger partial charge < -0.3 is 15.5 Å². The minimum Gasteiger partial charge on any atom is -0.508 e. The van der Waals surface area contributed by atoms with Crippen molar-refractivity contribution < 1.29 is 15.0 Å². The van der Waals surface area contributed by atoms with E-state index >= 15 is 0 Å². The van der Waals surface area contributed by atoms with Crippen LogP contribution in [0.4, 0.5) is 5.69 Å². The highest BCUT2D eigenvalue weighted by Crippen LogP contribution is 2.25. The van der Waals surface area contributed by atoms with Crippen LogP contribution in [0.15, 0.2) is 42.5 Å². The highest BCUT2D eigenvalue weighted by atomic mass is 16.3. The molecular formula is C25H35NO3. The van der Waals surface area contributed by atoms with E-state index in [9.17, 15) is 15.0 Å². The molecule has 29 heavy (non-hydrogen) atoms. The molecule has 4 heteroatoms. The number of carbonyl (C=O) groups is 1. The maximum atomic E-state index is 12.2. The lowest BCUT2D eigenvalue weighted by molar-refractivity contribution is -0.116. The third kappa shape index (κ3) is 9.03. The summed E-state index contributed by atoms with van der Waals surface area (Å²) in [6.07, 6.45) is 12.2. The topological polar surface area (TPSA) is 69.6 Å². The number of phenolic OH excluding ortho intramolecular Hbond substituents is 2. The normalized spacial score (nSPS) is 10.8. The number of phenols is 2. The first-order chi connectivity index (χ1) is 14.1. The lowest BCUT2D eigenvalue weighted by atomic mass is 10.0. The van der Waals surface area contributed by atoms with Gasteiger partial charge in [-0.25, -0.2) is 0 Å². The molecule has 0 aromatic heterocycles. The van der Waals surface area contributed by atoms with Crippen LogP contribution in [0.1, 0.15) is 82.3 Å². The molecular weight excluding hydrogens is 362 g/mol. The van der Waals surface area contributed by atoms with E-state index in [0.29, 0.717) is 18.4 Å². The standard InChI is InChI=1S/C25H35NO3/c1-2-3-4-5-6-7-8-9-10-14-25(29)26-22-13-11-12-20(18-22)17-21-19-23(27)15-16-24(21)28/h11-13,15-16,18-19,27-28H,2-10,14,17H2,1H3,(H,26,29). The molecule has 0 saturated heterocycles. The molecule has 0 aliphatic rings. The number of hydrogen-bond donors (Lipinski definition) is 3. The summed E-state index contributed by atoms with van der Waals surface area (Å²) >= 11 is 0. The number of carbonyl (C=O) groups excluding carboxylic acids is 1. The van der Waals surface area contributed by atoms with Crippen molar-refractivity contribution in [3.63, 3.8) is 0 Å². The van der Waals surface area contributed by atoms with Crippen LogP contribution in [-0.4, -0.2) is 16.1 Å². The van der Waals surface area contributed by atoms with Gasteiger partial charge in [0.2, 0.25) is 5.91 Å². The quantitative estimate of drug-likeness (QED) is 0.265. The Morgan fingerprint density at radius 2 is 1.55 bits per heavy atom. The minimum absolute atomic E-state index is 0.0466. The Labute approximate surface area is 175 Å². The molecule has 0 unspecified atom stereocenters. The fraction of sp³-hybridized carbons (Fsp3) is 0.480. The van der Waals surface area contributed by atoms with E-state index in [4.69, 9.17) is 0 Å². The van der Waals surface area contributed by atoms with Gasteiger partial charge in [-0.1, -0.05) is 70.4 Å². The summed E-state index contributed by atoms with van der Waals surface area (Å²) in [5.74, 6) is 0.330. The zero-order valence-corrected chi connectivity index (χ0v) is 17.6. The van der Waals surface area contributed by atoms with Gasteiger partial charge in [0.15, 0.2) is 0 Å². The minimum atomic E-state index is 0.0466. The van der Waals surface area contributed by atoms with Crippen molar-refractivity contribution >= 4 is 11.6 Å². The van der Waals surface area contributed by atoms with Gasteiger partial charge in [0.05, 0.1) is 0 Å². The summed E-state index contributed by atoms with van der Waals surface area (Å²) in [6, 6.07) is 12.1. The molecule has 4 nitrogen and oxygen atoms in total. The Morgan fingerprint density at radius 3 is 2.28 bits per heavy atom. The number of rotatable bonds is 13. The number of nitrogens with one attached hydrogen (secondary N) is 1. The molecule has 3 N–H and O–H groups in total. The summed E-state index contributed by atoms with van der Waals surface area (Å²) < 4.78 is 0. The second-order valence-corrected chi connectivity index (χ2v) is 7.82. The van der Waals surface area contributed by atoms with Gasteiger partial charge in [-0.05, 0) is 42.3 Å². The van der Waals surface area contributed by atoms with Crippen LogP contribution in [-0.2, 0) is 11.2 Å². The van der Waals surface area contributed by atoms with Crippen molar-refractivity contribution in [3.8, 4) is 11.5 Å². The van der Waals surface area contributed by atoms with Crippen LogP contribution < -0.4 is 5.32 Å². The summed E-state index contributed by atoms with van der Waals surface area (Å²) in [4.78, 5) is 12.2. The van der Waals surface area contributed by atoms with E-state index in [0.717, 1.165) is 24.1 Å². The first kappa shape index (κ1) is 22.8. The predicted octanol–water partition coefficient (Wildman–Crippen LogP) is 6.55. The number of aromatic hydroxyl groups is 2. The first-order valence-corrected chi connectivity index (χ1v) is 11.0. The van der Waals surface area contributed by atoms with E-state index in [-0.39, 0.29) is 17.4 Å². The molecule has 2 aromatic carbocycles. The molecule has 0 aliphatic heterocycles. The molecule has 1 amide bonds. The highest BCUT2D eigenvalue weighted by molar-refractivity contribution is 5.90. The molecule has 0 spiro atoms. The largest absolute Gasteiger partial charge is 0.508 e. The SMILES string of the molecule is CCCCCCCCCCCC(=O)Nc1cccc(Cc2cc(O)ccc2O)c1. The van der Waals surface area contributed by atoms with Crippen molar-refractivity contribution in [3.05, 3.63) is 53.6 Å². The number of anilines is 1. The van der Waals surface area contributed by atoms with Crippen molar-refractivity contribution in [1.82, 2.24) is 0 Å². The zero-order valence-electron chi connectivity index (χ0n) is 17.6. The van der Waals surface area contributed by atoms with Gasteiger partial charge >= 0.3 is 0 Å². The van der Waals surface area contributed by atoms with E-state index in [1.807, 2.05) is 24.3 Å². The van der Waals surface area contributed by atoms with E-state index < -0.39 is 0 Å². The van der Waals surface area contributed by atoms with Crippen molar-refractivity contribution in [1.29, 1.82) is 0 Å². The molecule has 0 aliphatic carbocycles. The Morgan fingerprint density at radius 1 is 0.862 bits per heavy atom. The molecule has 0 saturated carbocycles. The van der Waals surface area contributed by atoms with E-state index in [1.165, 1.54) is 57.1 Å². The fourth-order valence-corrected chi connectivity index (χ4v) is 3.51. The van der Waals surface area contributed by atoms with Crippen LogP contribution in [0.25, 0.3) is 0 Å². The maximum absolute atomic E-state index is 12.2. The van der Waals surface area contributed by atoms with Crippen molar-refractivity contribution in [2.24, 2.45) is 0 Å². The van der Waals surface area contributed by atoms with Gasteiger partial charge in [-0.2, -0.15) is 0 Å². The average Bonchev–Trinajstić information content (AvgIpc) is 2.70. The average molecular weight is 398 g/mol. The number of amides is 1. The highest BCUT2D eigenvalue weighted by Gasteiger charge is 2.07. The van der Waals surface area contributed by atoms with Crippen LogP contribution in [0.3, 0.4) is 0 Å². The molecule has 158 valence electrons. The lowest BCUT2D eigenvalue weighted by Gasteiger charge is -2.09. The van der Waals surface area contributed by atoms with Crippen LogP contribution >= 0.6 is 0 Å². The second kappa shape index (κ2) is 12.9. The Bertz CT molecular complexity index is 757. The van der Waals surface area contributed by atoms with E-state index in [2.05, 4.69) is 12.2 Å². The van der Waals surface area contributed by atoms with Gasteiger partial charge in [-0.3, -0.25) is 4.79 Å². The van der Waals surface area contributed by atoms with Crippen LogP contribution in [0.5, 0.6) is 11.5 Å². The molecule has 0 fully saturated rings. The Hall–Kier alpha value is -2.49. The van der Waals surface area contributed by atoms with Gasteiger partial charge in [0.1, 0.15) is 11.5 Å². The zero-order chi connectivity index (χ0) is 20.9. The third-order valence-electron chi connectivity index (χ3n) is 5.18. The summed E-state index contributed by atoms with van der Waals surface area (Å²) in [7, 11) is 0. The predicted molar refractivity (Wildman–Crippen MR) is 119 cm³/mol. The molecule has 0 atom stereocenters. The fourth-order valence-electron chi connectivity index (χ4n) is 3.51. The summed E-state index contributed by atoms with van der Waals surface area (Å²) in [6.45, 7) is 2.24. The summed E-state index contributed by atoms with van der Waals surface area (Å²) in [5, 5.41) is 22.5. The first-order valence-electron chi connectivity index (χ1n) is 11.0. The van der Waals surface area contributed by atoms with E-state index in [1.54, 1.807) is 6.07 Å². The van der Waals surface area contributed by atoms with Crippen LogP contribution in [0, 0.1) is 0 Å². The number of benzene rings is 2. The summed E-state index contributed by atoms with van der Waals surface area (Å²) in [5.41, 5.74) is 2.39. The molecule has 0 bridgehead atoms. The van der Waals surface area contributed by atoms with Crippen molar-refractivity contribution in [2.75, 3.05) is 5.32 Å². The van der Waals surface area contributed by atoms with Gasteiger partial charge in [0.25, 0.3) is 0 Å². The number of unbranched alkanes of at least 4 members (excludes halogenated alkanes) is 8. The second-order valence-electron chi connectivity index (χ2n) is 7.82. The Kier molecular flexibility index (Phi) is 10.1. The Balaban J connectivity index is 1.70. The molecule has 0 heterocycles. The lowest BCUT2D eigenvalue weighted by Crippen LogP contribution is -2.11. The van der Waals surface area contributed by atoms with Gasteiger partial charge in [-0.15, -0.1) is 0 Å². The smallest absolute Gasteiger partial charge is 0.224 e. The van der Waals surface area contributed by atoms with Gasteiger partial charge in [0, 0.05) is 24.1 Å². The molecule has 0 radical (unpaired) electrons. The third-order valence-corrected chi connectivity index (χ3v) is 5.18. The van der Waals surface area contributed by atoms with Crippen molar-refractivity contribution in [2.45, 2.75) is 77.6 Å². The maximum Gasteiger partial charge on any atom is 0.224 e. The number of hydrogen-bond acceptors (Lipinski definition) is 3. The molecule has 2 aromatic rings. The monoisotopic (exact) mass is 397 g/mol. The molecule has 2 rings (SSSR count).